The first kappa shape index (κ1) is 21.4. The Hall–Kier alpha value is -2.93. The Morgan fingerprint density at radius 1 is 1.07 bits per heavy atom. The van der Waals surface area contributed by atoms with Crippen LogP contribution in [0.2, 0.25) is 5.02 Å². The molecule has 148 valence electrons. The maximum Gasteiger partial charge on any atom is 0.257 e. The van der Waals surface area contributed by atoms with Crippen molar-refractivity contribution in [2.45, 2.75) is 13.0 Å². The summed E-state index contributed by atoms with van der Waals surface area (Å²) in [4.78, 5) is 23.7. The van der Waals surface area contributed by atoms with Crippen LogP contribution < -0.4 is 15.4 Å². The number of ether oxygens (including phenoxy) is 1. The van der Waals surface area contributed by atoms with Crippen LogP contribution in [0.4, 0.5) is 8.78 Å². The van der Waals surface area contributed by atoms with Gasteiger partial charge < -0.3 is 15.4 Å². The van der Waals surface area contributed by atoms with Crippen molar-refractivity contribution in [2.75, 3.05) is 13.2 Å². The normalized spacial score (nSPS) is 10.2. The third kappa shape index (κ3) is 7.00. The van der Waals surface area contributed by atoms with E-state index in [0.29, 0.717) is 5.57 Å². The summed E-state index contributed by atoms with van der Waals surface area (Å²) in [7, 11) is 0. The molecule has 0 bridgehead atoms. The van der Waals surface area contributed by atoms with Gasteiger partial charge in [0.15, 0.2) is 6.61 Å². The van der Waals surface area contributed by atoms with Crippen molar-refractivity contribution < 1.29 is 23.1 Å². The minimum Gasteiger partial charge on any atom is -0.484 e. The molecule has 0 radical (unpaired) electrons. The molecule has 28 heavy (non-hydrogen) atoms. The third-order valence-electron chi connectivity index (χ3n) is 3.70. The van der Waals surface area contributed by atoms with Crippen molar-refractivity contribution in [1.29, 1.82) is 0 Å². The molecule has 0 aliphatic carbocycles. The molecule has 5 nitrogen and oxygen atoms in total. The fourth-order valence-corrected chi connectivity index (χ4v) is 2.26. The van der Waals surface area contributed by atoms with Crippen LogP contribution in [0.15, 0.2) is 54.6 Å². The van der Waals surface area contributed by atoms with Gasteiger partial charge in [-0.15, -0.1) is 0 Å². The number of nitrogens with one attached hydrogen (secondary N) is 2. The maximum absolute atomic E-state index is 13.3. The predicted molar refractivity (Wildman–Crippen MR) is 102 cm³/mol. The minimum absolute atomic E-state index is 0.0342. The lowest BCUT2D eigenvalue weighted by atomic mass is 10.2. The van der Waals surface area contributed by atoms with Crippen LogP contribution in [0.1, 0.15) is 12.0 Å². The molecule has 2 amide bonds. The van der Waals surface area contributed by atoms with Gasteiger partial charge in [0.1, 0.15) is 17.4 Å². The van der Waals surface area contributed by atoms with Crippen molar-refractivity contribution in [2.24, 2.45) is 0 Å². The number of benzene rings is 2. The molecular formula is C20H19ClF2N2O3. The van der Waals surface area contributed by atoms with Crippen LogP contribution in [0.3, 0.4) is 0 Å². The molecule has 0 spiro atoms. The topological polar surface area (TPSA) is 67.4 Å². The molecule has 0 atom stereocenters. The Bertz CT molecular complexity index is 857. The van der Waals surface area contributed by atoms with Crippen LogP contribution in [0.5, 0.6) is 5.75 Å². The molecule has 0 aliphatic heterocycles. The number of hydrogen-bond acceptors (Lipinski definition) is 3. The summed E-state index contributed by atoms with van der Waals surface area (Å²) in [6.45, 7) is 3.82. The molecule has 0 heterocycles. The number of carbonyl (C=O) groups excluding carboxylic acids is 2. The number of carbonyl (C=O) groups is 2. The largest absolute Gasteiger partial charge is 0.484 e. The lowest BCUT2D eigenvalue weighted by Crippen LogP contribution is -2.31. The monoisotopic (exact) mass is 408 g/mol. The Morgan fingerprint density at radius 2 is 1.79 bits per heavy atom. The van der Waals surface area contributed by atoms with Crippen molar-refractivity contribution in [3.63, 3.8) is 0 Å². The second-order valence-electron chi connectivity index (χ2n) is 5.88. The molecule has 2 aromatic carbocycles. The molecule has 0 aromatic heterocycles. The van der Waals surface area contributed by atoms with Gasteiger partial charge in [0, 0.05) is 24.7 Å². The van der Waals surface area contributed by atoms with Crippen LogP contribution >= 0.6 is 11.6 Å². The van der Waals surface area contributed by atoms with Gasteiger partial charge in [-0.1, -0.05) is 30.3 Å². The van der Waals surface area contributed by atoms with E-state index in [1.54, 1.807) is 12.1 Å². The number of halogens is 3. The van der Waals surface area contributed by atoms with E-state index in [1.165, 1.54) is 24.3 Å². The molecule has 0 aliphatic rings. The first-order chi connectivity index (χ1) is 13.3. The van der Waals surface area contributed by atoms with E-state index in [4.69, 9.17) is 16.3 Å². The Morgan fingerprint density at radius 3 is 2.46 bits per heavy atom. The summed E-state index contributed by atoms with van der Waals surface area (Å²) in [5.74, 6) is -1.58. The van der Waals surface area contributed by atoms with Crippen LogP contribution in [-0.2, 0) is 16.1 Å². The highest BCUT2D eigenvalue weighted by molar-refractivity contribution is 6.30. The summed E-state index contributed by atoms with van der Waals surface area (Å²) in [6.07, 6.45) is 0.247. The van der Waals surface area contributed by atoms with Gasteiger partial charge in [0.2, 0.25) is 5.91 Å². The standard InChI is InChI=1S/C20H19ClF2N2O3/c1-13(20(27)25-11-14-2-4-15(22)5-3-14)8-9-24-19(26)12-28-16-6-7-17(21)18(23)10-16/h2-7,10H,1,8-9,11-12H2,(H,24,26)(H,25,27). The van der Waals surface area contributed by atoms with Gasteiger partial charge in [-0.05, 0) is 36.2 Å². The van der Waals surface area contributed by atoms with Crippen molar-refractivity contribution >= 4 is 23.4 Å². The second kappa shape index (κ2) is 10.4. The summed E-state index contributed by atoms with van der Waals surface area (Å²) in [5, 5.41) is 5.21. The Labute approximate surface area is 166 Å². The smallest absolute Gasteiger partial charge is 0.257 e. The van der Waals surface area contributed by atoms with E-state index in [1.807, 2.05) is 0 Å². The molecule has 0 unspecified atom stereocenters. The zero-order valence-corrected chi connectivity index (χ0v) is 15.7. The van der Waals surface area contributed by atoms with Crippen LogP contribution in [0, 0.1) is 11.6 Å². The van der Waals surface area contributed by atoms with Gasteiger partial charge in [-0.25, -0.2) is 8.78 Å². The van der Waals surface area contributed by atoms with E-state index in [0.717, 1.165) is 11.6 Å². The van der Waals surface area contributed by atoms with Crippen molar-refractivity contribution in [1.82, 2.24) is 10.6 Å². The van der Waals surface area contributed by atoms with Crippen LogP contribution in [-0.4, -0.2) is 25.0 Å². The molecule has 2 rings (SSSR count). The number of amides is 2. The average Bonchev–Trinajstić information content (AvgIpc) is 2.68. The highest BCUT2D eigenvalue weighted by atomic mass is 35.5. The molecular weight excluding hydrogens is 390 g/mol. The Balaban J connectivity index is 1.64. The summed E-state index contributed by atoms with van der Waals surface area (Å²) in [5.41, 5.74) is 1.05. The summed E-state index contributed by atoms with van der Waals surface area (Å²) in [6, 6.07) is 9.64. The molecule has 2 N–H and O–H groups in total. The van der Waals surface area contributed by atoms with Gasteiger partial charge in [0.25, 0.3) is 5.91 Å². The quantitative estimate of drug-likeness (QED) is 0.625. The Kier molecular flexibility index (Phi) is 7.95. The van der Waals surface area contributed by atoms with E-state index >= 15 is 0 Å². The van der Waals surface area contributed by atoms with Gasteiger partial charge in [-0.2, -0.15) is 0 Å². The summed E-state index contributed by atoms with van der Waals surface area (Å²) >= 11 is 5.56. The van der Waals surface area contributed by atoms with E-state index in [-0.39, 0.29) is 48.6 Å². The maximum atomic E-state index is 13.3. The van der Waals surface area contributed by atoms with E-state index < -0.39 is 11.7 Å². The molecule has 0 saturated carbocycles. The van der Waals surface area contributed by atoms with Crippen LogP contribution in [0.25, 0.3) is 0 Å². The number of rotatable bonds is 9. The van der Waals surface area contributed by atoms with E-state index in [9.17, 15) is 18.4 Å². The first-order valence-electron chi connectivity index (χ1n) is 8.40. The third-order valence-corrected chi connectivity index (χ3v) is 4.00. The lowest BCUT2D eigenvalue weighted by Gasteiger charge is -2.10. The zero-order chi connectivity index (χ0) is 20.5. The van der Waals surface area contributed by atoms with Gasteiger partial charge >= 0.3 is 0 Å². The van der Waals surface area contributed by atoms with Gasteiger partial charge in [-0.3, -0.25) is 9.59 Å². The lowest BCUT2D eigenvalue weighted by molar-refractivity contribution is -0.123. The fraction of sp³-hybridized carbons (Fsp3) is 0.200. The second-order valence-corrected chi connectivity index (χ2v) is 6.28. The van der Waals surface area contributed by atoms with Crippen molar-refractivity contribution in [3.05, 3.63) is 76.8 Å². The fourth-order valence-electron chi connectivity index (χ4n) is 2.14. The highest BCUT2D eigenvalue weighted by Crippen LogP contribution is 2.20. The highest BCUT2D eigenvalue weighted by Gasteiger charge is 2.09. The molecule has 2 aromatic rings. The zero-order valence-electron chi connectivity index (χ0n) is 14.9. The van der Waals surface area contributed by atoms with Crippen molar-refractivity contribution in [3.8, 4) is 5.75 Å². The summed E-state index contributed by atoms with van der Waals surface area (Å²) < 4.78 is 31.3. The first-order valence-corrected chi connectivity index (χ1v) is 8.78. The van der Waals surface area contributed by atoms with Gasteiger partial charge in [0.05, 0.1) is 5.02 Å². The predicted octanol–water partition coefficient (Wildman–Crippen LogP) is 3.38. The molecule has 0 saturated heterocycles. The minimum atomic E-state index is -0.637. The SMILES string of the molecule is C=C(CCNC(=O)COc1ccc(Cl)c(F)c1)C(=O)NCc1ccc(F)cc1. The average molecular weight is 409 g/mol. The molecule has 8 heteroatoms. The molecule has 0 fully saturated rings. The van der Waals surface area contributed by atoms with E-state index in [2.05, 4.69) is 17.2 Å². The number of hydrogen-bond donors (Lipinski definition) is 2.